The molecular weight excluding hydrogens is 360 g/mol. The summed E-state index contributed by atoms with van der Waals surface area (Å²) in [6, 6.07) is 9.91. The first-order valence-electron chi connectivity index (χ1n) is 9.84. The van der Waals surface area contributed by atoms with Crippen LogP contribution >= 0.6 is 11.8 Å². The number of rotatable bonds is 9. The van der Waals surface area contributed by atoms with E-state index >= 15 is 0 Å². The van der Waals surface area contributed by atoms with Crippen molar-refractivity contribution in [3.8, 4) is 0 Å². The number of hydrogen-bond donors (Lipinski definition) is 1. The van der Waals surface area contributed by atoms with Gasteiger partial charge in [0, 0.05) is 17.2 Å². The predicted octanol–water partition coefficient (Wildman–Crippen LogP) is 4.91. The fourth-order valence-corrected chi connectivity index (χ4v) is 4.33. The van der Waals surface area contributed by atoms with Crippen LogP contribution < -0.4 is 0 Å². The van der Waals surface area contributed by atoms with Gasteiger partial charge in [-0.3, -0.25) is 9.59 Å². The summed E-state index contributed by atoms with van der Waals surface area (Å²) < 4.78 is 4.63. The zero-order valence-electron chi connectivity index (χ0n) is 16.1. The van der Waals surface area contributed by atoms with E-state index in [1.165, 1.54) is 18.9 Å². The van der Waals surface area contributed by atoms with Crippen LogP contribution in [0.1, 0.15) is 57.8 Å². The van der Waals surface area contributed by atoms with E-state index in [4.69, 9.17) is 0 Å². The number of unbranched alkanes of at least 4 members (excludes halogenated alkanes) is 2. The molecule has 0 radical (unpaired) electrons. The van der Waals surface area contributed by atoms with Crippen molar-refractivity contribution in [3.63, 3.8) is 0 Å². The van der Waals surface area contributed by atoms with Crippen LogP contribution in [0.2, 0.25) is 0 Å². The Morgan fingerprint density at radius 1 is 1.22 bits per heavy atom. The average molecular weight is 391 g/mol. The summed E-state index contributed by atoms with van der Waals surface area (Å²) in [5.74, 6) is -0.447. The highest BCUT2D eigenvalue weighted by Crippen LogP contribution is 2.34. The Morgan fingerprint density at radius 2 is 2.00 bits per heavy atom. The molecule has 1 aliphatic carbocycles. The number of ether oxygens (including phenoxy) is 1. The summed E-state index contributed by atoms with van der Waals surface area (Å²) in [6.45, 7) is 0. The Morgan fingerprint density at radius 3 is 2.74 bits per heavy atom. The van der Waals surface area contributed by atoms with Crippen molar-refractivity contribution in [2.75, 3.05) is 7.11 Å². The van der Waals surface area contributed by atoms with Gasteiger partial charge in [-0.25, -0.2) is 0 Å². The normalized spacial score (nSPS) is 20.9. The van der Waals surface area contributed by atoms with Crippen molar-refractivity contribution in [1.29, 1.82) is 0 Å². The van der Waals surface area contributed by atoms with Gasteiger partial charge in [0.15, 0.2) is 5.78 Å². The van der Waals surface area contributed by atoms with Gasteiger partial charge < -0.3 is 9.84 Å². The van der Waals surface area contributed by atoms with E-state index in [0.29, 0.717) is 12.8 Å². The van der Waals surface area contributed by atoms with Gasteiger partial charge >= 0.3 is 5.97 Å². The number of aliphatic hydroxyl groups excluding tert-OH is 1. The molecule has 148 valence electrons. The van der Waals surface area contributed by atoms with E-state index in [2.05, 4.69) is 4.74 Å². The zero-order chi connectivity index (χ0) is 19.5. The number of allylic oxidation sites excluding steroid dienone is 2. The molecule has 27 heavy (non-hydrogen) atoms. The minimum atomic E-state index is -0.617. The number of hydrogen-bond acceptors (Lipinski definition) is 5. The van der Waals surface area contributed by atoms with Gasteiger partial charge in [-0.15, -0.1) is 0 Å². The summed E-state index contributed by atoms with van der Waals surface area (Å²) in [6.07, 6.45) is 8.53. The van der Waals surface area contributed by atoms with Gasteiger partial charge in [-0.1, -0.05) is 55.3 Å². The Balaban J connectivity index is 1.89. The van der Waals surface area contributed by atoms with Crippen LogP contribution in [0.25, 0.3) is 0 Å². The predicted molar refractivity (Wildman–Crippen MR) is 108 cm³/mol. The number of ketones is 1. The third kappa shape index (κ3) is 7.51. The fourth-order valence-electron chi connectivity index (χ4n) is 3.33. The molecule has 1 aromatic rings. The van der Waals surface area contributed by atoms with Crippen LogP contribution in [0.5, 0.6) is 0 Å². The number of carbonyl (C=O) groups is 2. The van der Waals surface area contributed by atoms with E-state index < -0.39 is 6.10 Å². The molecule has 0 aromatic heterocycles. The molecule has 0 saturated carbocycles. The molecule has 0 heterocycles. The molecule has 5 heteroatoms. The van der Waals surface area contributed by atoms with Crippen molar-refractivity contribution in [2.24, 2.45) is 5.92 Å². The molecule has 0 bridgehead atoms. The second-order valence-corrected chi connectivity index (χ2v) is 8.10. The molecule has 0 spiro atoms. The first-order chi connectivity index (χ1) is 13.1. The first kappa shape index (κ1) is 21.7. The summed E-state index contributed by atoms with van der Waals surface area (Å²) >= 11 is 1.50. The lowest BCUT2D eigenvalue weighted by atomic mass is 9.86. The molecule has 2 unspecified atom stereocenters. The molecule has 0 fully saturated rings. The van der Waals surface area contributed by atoms with Crippen LogP contribution in [-0.2, 0) is 14.3 Å². The molecule has 1 N–H and O–H groups in total. The summed E-state index contributed by atoms with van der Waals surface area (Å²) in [4.78, 5) is 26.0. The van der Waals surface area contributed by atoms with Crippen molar-refractivity contribution in [3.05, 3.63) is 41.3 Å². The number of esters is 1. The van der Waals surface area contributed by atoms with Gasteiger partial charge in [0.05, 0.1) is 18.1 Å². The lowest BCUT2D eigenvalue weighted by Gasteiger charge is -2.24. The van der Waals surface area contributed by atoms with Gasteiger partial charge in [-0.05, 0) is 44.2 Å². The molecule has 4 nitrogen and oxygen atoms in total. The molecule has 0 amide bonds. The number of thioether (sulfide) groups is 1. The fraction of sp³-hybridized carbons (Fsp3) is 0.545. The highest BCUT2D eigenvalue weighted by atomic mass is 32.2. The van der Waals surface area contributed by atoms with E-state index in [9.17, 15) is 14.7 Å². The van der Waals surface area contributed by atoms with Crippen LogP contribution in [0.3, 0.4) is 0 Å². The third-order valence-corrected chi connectivity index (χ3v) is 6.02. The number of benzene rings is 1. The Bertz CT molecular complexity index is 626. The van der Waals surface area contributed by atoms with Crippen LogP contribution in [0.4, 0.5) is 0 Å². The Kier molecular flexibility index (Phi) is 9.64. The number of aliphatic hydroxyl groups is 1. The maximum absolute atomic E-state index is 13.1. The summed E-state index contributed by atoms with van der Waals surface area (Å²) in [7, 11) is 1.39. The van der Waals surface area contributed by atoms with E-state index in [-0.39, 0.29) is 17.7 Å². The minimum absolute atomic E-state index is 0.0746. The molecule has 0 saturated heterocycles. The van der Waals surface area contributed by atoms with E-state index in [1.807, 2.05) is 36.4 Å². The number of methoxy groups -OCH3 is 1. The molecule has 0 aliphatic heterocycles. The number of carbonyl (C=O) groups excluding carboxylic acids is 2. The number of Topliss-reactive ketones (excluding diaryl/α,β-unsaturated/α-hetero) is 1. The molecular formula is C22H30O4S. The van der Waals surface area contributed by atoms with Crippen molar-refractivity contribution in [1.82, 2.24) is 0 Å². The highest BCUT2D eigenvalue weighted by Gasteiger charge is 2.29. The van der Waals surface area contributed by atoms with Crippen molar-refractivity contribution in [2.45, 2.75) is 68.8 Å². The summed E-state index contributed by atoms with van der Waals surface area (Å²) in [5.41, 5.74) is 0. The quantitative estimate of drug-likeness (QED) is 0.480. The molecule has 1 aromatic carbocycles. The van der Waals surface area contributed by atoms with Gasteiger partial charge in [0.2, 0.25) is 0 Å². The zero-order valence-corrected chi connectivity index (χ0v) is 16.9. The van der Waals surface area contributed by atoms with E-state index in [0.717, 1.165) is 54.7 Å². The molecule has 1 aliphatic rings. The van der Waals surface area contributed by atoms with Crippen LogP contribution in [0.15, 0.2) is 46.2 Å². The molecule has 2 rings (SSSR count). The van der Waals surface area contributed by atoms with E-state index in [1.54, 1.807) is 0 Å². The Hall–Kier alpha value is -1.59. The Labute approximate surface area is 166 Å². The smallest absolute Gasteiger partial charge is 0.305 e. The van der Waals surface area contributed by atoms with Crippen molar-refractivity contribution < 1.29 is 19.4 Å². The average Bonchev–Trinajstić information content (AvgIpc) is 2.68. The maximum atomic E-state index is 13.1. The third-order valence-electron chi connectivity index (χ3n) is 4.92. The van der Waals surface area contributed by atoms with Crippen molar-refractivity contribution >= 4 is 23.5 Å². The van der Waals surface area contributed by atoms with Gasteiger partial charge in [0.25, 0.3) is 0 Å². The topological polar surface area (TPSA) is 63.6 Å². The van der Waals surface area contributed by atoms with Gasteiger partial charge in [0.1, 0.15) is 0 Å². The highest BCUT2D eigenvalue weighted by molar-refractivity contribution is 8.04. The first-order valence-corrected chi connectivity index (χ1v) is 10.7. The maximum Gasteiger partial charge on any atom is 0.305 e. The standard InChI is InChI=1S/C22H30O4S/c1-26-21(24)16-10-4-8-14-19(23)18-13-7-3-9-15-20(22(18)25)27-17-11-5-2-6-12-17/h2,5-6,11-12,15,18-19,23H,3-4,7-10,13-14,16H2,1H3/b20-15+. The minimum Gasteiger partial charge on any atom is -0.469 e. The second-order valence-electron chi connectivity index (χ2n) is 6.98. The lowest BCUT2D eigenvalue weighted by molar-refractivity contribution is -0.140. The SMILES string of the molecule is COC(=O)CCCCCC(O)C1CCCC/C=C(/Sc2ccccc2)C1=O. The van der Waals surface area contributed by atoms with Crippen LogP contribution in [-0.4, -0.2) is 30.1 Å². The molecule has 2 atom stereocenters. The summed E-state index contributed by atoms with van der Waals surface area (Å²) in [5, 5.41) is 10.7. The monoisotopic (exact) mass is 390 g/mol. The van der Waals surface area contributed by atoms with Gasteiger partial charge in [-0.2, -0.15) is 0 Å². The second kappa shape index (κ2) is 12.0. The lowest BCUT2D eigenvalue weighted by Crippen LogP contribution is -2.29. The van der Waals surface area contributed by atoms with Crippen LogP contribution in [0, 0.1) is 5.92 Å². The largest absolute Gasteiger partial charge is 0.469 e.